The van der Waals surface area contributed by atoms with Gasteiger partial charge in [-0.05, 0) is 47.5 Å². The highest BCUT2D eigenvalue weighted by Gasteiger charge is 2.23. The summed E-state index contributed by atoms with van der Waals surface area (Å²) in [4.78, 5) is 15.5. The second kappa shape index (κ2) is 12.6. The standard InChI is InChI=1S/C51H31N5S/c1-3-16-32(17-4-1)35-24-15-25-40-41-30-34(55-43-26-11-7-20-36(43)37-21-8-12-27-44(37)55)31-42(48(41)57-47(35)40)50-52-49(33-18-5-2-6-19-33)53-51(54-50)56-45-28-13-9-22-38(45)39-23-10-14-29-46(39)56/h1-31H/i2D,5D,6D,18D,19D. The van der Waals surface area contributed by atoms with Crippen molar-refractivity contribution >= 4 is 75.1 Å². The summed E-state index contributed by atoms with van der Waals surface area (Å²) in [5.74, 6) is 0.542. The zero-order valence-corrected chi connectivity index (χ0v) is 31.0. The monoisotopic (exact) mass is 750 g/mol. The smallest absolute Gasteiger partial charge is 0.238 e. The zero-order chi connectivity index (χ0) is 41.8. The highest BCUT2D eigenvalue weighted by molar-refractivity contribution is 7.26. The van der Waals surface area contributed by atoms with Gasteiger partial charge in [0, 0.05) is 58.5 Å². The molecule has 4 heterocycles. The third kappa shape index (κ3) is 4.91. The number of nitrogens with zero attached hydrogens (tertiary/aromatic N) is 5. The molecule has 0 amide bonds. The summed E-state index contributed by atoms with van der Waals surface area (Å²) in [6, 6.07) is 51.9. The van der Waals surface area contributed by atoms with Gasteiger partial charge in [-0.2, -0.15) is 9.97 Å². The van der Waals surface area contributed by atoms with Crippen LogP contribution in [-0.2, 0) is 0 Å². The predicted octanol–water partition coefficient (Wildman–Crippen LogP) is 13.4. The summed E-state index contributed by atoms with van der Waals surface area (Å²) in [7, 11) is 0. The fourth-order valence-corrected chi connectivity index (χ4v) is 9.75. The molecule has 0 bridgehead atoms. The number of benzene rings is 8. The van der Waals surface area contributed by atoms with Crippen LogP contribution in [0.25, 0.3) is 109 Å². The van der Waals surface area contributed by atoms with E-state index in [1.54, 1.807) is 11.3 Å². The Morgan fingerprint density at radius 3 is 1.56 bits per heavy atom. The number of rotatable bonds is 5. The van der Waals surface area contributed by atoms with Crippen molar-refractivity contribution in [2.24, 2.45) is 0 Å². The first-order valence-electron chi connectivity index (χ1n) is 21.2. The van der Waals surface area contributed by atoms with E-state index in [2.05, 4.69) is 120 Å². The van der Waals surface area contributed by atoms with Crippen LogP contribution in [0.15, 0.2) is 188 Å². The van der Waals surface area contributed by atoms with Gasteiger partial charge in [0.15, 0.2) is 11.6 Å². The summed E-state index contributed by atoms with van der Waals surface area (Å²) in [5.41, 5.74) is 7.54. The lowest BCUT2D eigenvalue weighted by molar-refractivity contribution is 0.954. The van der Waals surface area contributed by atoms with Crippen LogP contribution < -0.4 is 0 Å². The Morgan fingerprint density at radius 1 is 0.404 bits per heavy atom. The van der Waals surface area contributed by atoms with Crippen LogP contribution >= 0.6 is 11.3 Å². The summed E-state index contributed by atoms with van der Waals surface area (Å²) >= 11 is 1.67. The molecule has 266 valence electrons. The molecule has 0 unspecified atom stereocenters. The Kier molecular flexibility index (Phi) is 6.00. The molecule has 0 saturated heterocycles. The van der Waals surface area contributed by atoms with Crippen molar-refractivity contribution < 1.29 is 6.85 Å². The quantitative estimate of drug-likeness (QED) is 0.176. The first-order valence-corrected chi connectivity index (χ1v) is 19.5. The van der Waals surface area contributed by atoms with E-state index >= 15 is 0 Å². The Balaban J connectivity index is 1.24. The number of thiophene rings is 1. The maximum atomic E-state index is 9.07. The first-order chi connectivity index (χ1) is 30.4. The molecule has 0 atom stereocenters. The van der Waals surface area contributed by atoms with Crippen LogP contribution in [-0.4, -0.2) is 24.1 Å². The molecule has 8 aromatic carbocycles. The van der Waals surface area contributed by atoms with Crippen LogP contribution in [0.4, 0.5) is 0 Å². The van der Waals surface area contributed by atoms with E-state index in [1.165, 1.54) is 0 Å². The maximum absolute atomic E-state index is 9.07. The third-order valence-corrected chi connectivity index (χ3v) is 12.2. The van der Waals surface area contributed by atoms with E-state index in [4.69, 9.17) is 21.8 Å². The van der Waals surface area contributed by atoms with Crippen LogP contribution in [0.5, 0.6) is 0 Å². The fraction of sp³-hybridized carbons (Fsp3) is 0. The van der Waals surface area contributed by atoms with Crippen molar-refractivity contribution in [3.8, 4) is 45.5 Å². The molecule has 0 aliphatic carbocycles. The highest BCUT2D eigenvalue weighted by Crippen LogP contribution is 2.46. The topological polar surface area (TPSA) is 48.5 Å². The van der Waals surface area contributed by atoms with Gasteiger partial charge in [-0.1, -0.05) is 152 Å². The van der Waals surface area contributed by atoms with Crippen molar-refractivity contribution in [2.75, 3.05) is 0 Å². The van der Waals surface area contributed by atoms with Crippen LogP contribution in [0.3, 0.4) is 0 Å². The van der Waals surface area contributed by atoms with Gasteiger partial charge in [-0.3, -0.25) is 4.57 Å². The molecule has 0 aliphatic heterocycles. The normalized spacial score (nSPS) is 13.1. The van der Waals surface area contributed by atoms with Gasteiger partial charge < -0.3 is 4.57 Å². The predicted molar refractivity (Wildman–Crippen MR) is 238 cm³/mol. The lowest BCUT2D eigenvalue weighted by atomic mass is 10.0. The molecule has 12 rings (SSSR count). The van der Waals surface area contributed by atoms with Crippen molar-refractivity contribution in [1.82, 2.24) is 24.1 Å². The molecule has 5 nitrogen and oxygen atoms in total. The van der Waals surface area contributed by atoms with E-state index < -0.39 is 18.1 Å². The molecular formula is C51H31N5S. The second-order valence-electron chi connectivity index (χ2n) is 14.0. The minimum absolute atomic E-state index is 0.0228. The average Bonchev–Trinajstić information content (AvgIpc) is 3.98. The first kappa shape index (κ1) is 27.2. The number of aromatic nitrogens is 5. The molecule has 57 heavy (non-hydrogen) atoms. The number of fused-ring (bicyclic) bond motifs is 9. The summed E-state index contributed by atoms with van der Waals surface area (Å²) in [5, 5.41) is 6.36. The summed E-state index contributed by atoms with van der Waals surface area (Å²) in [6.45, 7) is 0. The van der Waals surface area contributed by atoms with Gasteiger partial charge in [-0.25, -0.2) is 4.98 Å². The molecule has 0 N–H and O–H groups in total. The summed E-state index contributed by atoms with van der Waals surface area (Å²) in [6.07, 6.45) is 0. The molecular weight excluding hydrogens is 715 g/mol. The number of para-hydroxylation sites is 4. The van der Waals surface area contributed by atoms with Crippen LogP contribution in [0.2, 0.25) is 0 Å². The lowest BCUT2D eigenvalue weighted by Crippen LogP contribution is -2.06. The molecule has 0 spiro atoms. The Labute approximate surface area is 338 Å². The third-order valence-electron chi connectivity index (χ3n) is 10.9. The van der Waals surface area contributed by atoms with Gasteiger partial charge in [0.1, 0.15) is 0 Å². The van der Waals surface area contributed by atoms with Gasteiger partial charge in [-0.15, -0.1) is 11.3 Å². The second-order valence-corrected chi connectivity index (χ2v) is 15.1. The largest absolute Gasteiger partial charge is 0.309 e. The Hall–Kier alpha value is -7.41. The molecule has 12 aromatic rings. The molecule has 0 radical (unpaired) electrons. The summed E-state index contributed by atoms with van der Waals surface area (Å²) < 4.78 is 50.1. The van der Waals surface area contributed by atoms with Gasteiger partial charge in [0.25, 0.3) is 0 Å². The van der Waals surface area contributed by atoms with Crippen molar-refractivity contribution in [3.05, 3.63) is 188 Å². The number of hydrogen-bond acceptors (Lipinski definition) is 4. The van der Waals surface area contributed by atoms with E-state index in [0.29, 0.717) is 5.82 Å². The highest BCUT2D eigenvalue weighted by atomic mass is 32.1. The van der Waals surface area contributed by atoms with Crippen molar-refractivity contribution in [1.29, 1.82) is 0 Å². The molecule has 0 aliphatic rings. The van der Waals surface area contributed by atoms with Gasteiger partial charge in [0.05, 0.1) is 28.9 Å². The van der Waals surface area contributed by atoms with E-state index in [0.717, 1.165) is 86.2 Å². The lowest BCUT2D eigenvalue weighted by Gasteiger charge is -2.14. The van der Waals surface area contributed by atoms with Crippen LogP contribution in [0, 0.1) is 0 Å². The van der Waals surface area contributed by atoms with E-state index in [-0.39, 0.29) is 29.4 Å². The Bertz CT molecular complexity index is 3700. The van der Waals surface area contributed by atoms with E-state index in [9.17, 15) is 0 Å². The van der Waals surface area contributed by atoms with E-state index in [1.807, 2.05) is 47.0 Å². The van der Waals surface area contributed by atoms with Crippen molar-refractivity contribution in [2.45, 2.75) is 0 Å². The zero-order valence-electron chi connectivity index (χ0n) is 35.2. The maximum Gasteiger partial charge on any atom is 0.238 e. The molecule has 6 heteroatoms. The molecule has 0 fully saturated rings. The van der Waals surface area contributed by atoms with Crippen LogP contribution in [0.1, 0.15) is 6.85 Å². The minimum Gasteiger partial charge on any atom is -0.309 e. The van der Waals surface area contributed by atoms with Gasteiger partial charge >= 0.3 is 0 Å². The van der Waals surface area contributed by atoms with Gasteiger partial charge in [0.2, 0.25) is 5.95 Å². The molecule has 0 saturated carbocycles. The average molecular weight is 751 g/mol. The van der Waals surface area contributed by atoms with Crippen molar-refractivity contribution in [3.63, 3.8) is 0 Å². The Morgan fingerprint density at radius 2 is 0.930 bits per heavy atom. The molecule has 4 aromatic heterocycles. The minimum atomic E-state index is -0.485. The fourth-order valence-electron chi connectivity index (χ4n) is 8.42. The SMILES string of the molecule is [2H]c1c([2H])c([2H])c(-c2nc(-c3cc(-n4c5ccccc5c5ccccc54)cc4c3sc3c(-c5ccccc5)cccc34)nc(-n3c4ccccc4c4ccccc43)n2)c([2H])c1[2H]. The number of hydrogen-bond donors (Lipinski definition) is 0.